The molecule has 1 aliphatic rings. The Balaban J connectivity index is 0.000000284. The SMILES string of the molecule is ClCC1CN(Cc2ccccc2)CCO1.O=C(O)/C=C/C(=O)O. The van der Waals surface area contributed by atoms with E-state index in [1.54, 1.807) is 0 Å². The van der Waals surface area contributed by atoms with Gasteiger partial charge >= 0.3 is 11.9 Å². The van der Waals surface area contributed by atoms with Crippen LogP contribution in [0.25, 0.3) is 0 Å². The van der Waals surface area contributed by atoms with Crippen molar-refractivity contribution >= 4 is 23.5 Å². The van der Waals surface area contributed by atoms with Gasteiger partial charge in [0, 0.05) is 37.7 Å². The van der Waals surface area contributed by atoms with Gasteiger partial charge in [-0.1, -0.05) is 30.3 Å². The number of benzene rings is 1. The molecule has 1 heterocycles. The number of hydrogen-bond acceptors (Lipinski definition) is 4. The molecule has 2 rings (SSSR count). The lowest BCUT2D eigenvalue weighted by Gasteiger charge is -2.31. The Morgan fingerprint density at radius 2 is 1.83 bits per heavy atom. The molecule has 1 aromatic carbocycles. The third kappa shape index (κ3) is 8.97. The average Bonchev–Trinajstić information content (AvgIpc) is 2.55. The van der Waals surface area contributed by atoms with Crippen LogP contribution in [0.4, 0.5) is 0 Å². The molecule has 1 saturated heterocycles. The molecule has 0 bridgehead atoms. The van der Waals surface area contributed by atoms with E-state index in [-0.39, 0.29) is 6.10 Å². The lowest BCUT2D eigenvalue weighted by atomic mass is 10.2. The highest BCUT2D eigenvalue weighted by Crippen LogP contribution is 2.10. The van der Waals surface area contributed by atoms with E-state index >= 15 is 0 Å². The molecule has 1 fully saturated rings. The summed E-state index contributed by atoms with van der Waals surface area (Å²) in [7, 11) is 0. The maximum absolute atomic E-state index is 9.55. The number of ether oxygens (including phenoxy) is 1. The van der Waals surface area contributed by atoms with Crippen molar-refractivity contribution in [2.45, 2.75) is 12.6 Å². The van der Waals surface area contributed by atoms with Gasteiger partial charge in [0.1, 0.15) is 0 Å². The monoisotopic (exact) mass is 341 g/mol. The quantitative estimate of drug-likeness (QED) is 0.627. The van der Waals surface area contributed by atoms with Gasteiger partial charge in [0.25, 0.3) is 0 Å². The van der Waals surface area contributed by atoms with Crippen LogP contribution in [0, 0.1) is 0 Å². The molecule has 6 nitrogen and oxygen atoms in total. The summed E-state index contributed by atoms with van der Waals surface area (Å²) < 4.78 is 5.52. The molecule has 2 N–H and O–H groups in total. The fraction of sp³-hybridized carbons (Fsp3) is 0.375. The summed E-state index contributed by atoms with van der Waals surface area (Å²) >= 11 is 5.80. The van der Waals surface area contributed by atoms with E-state index in [0.717, 1.165) is 26.2 Å². The Morgan fingerprint density at radius 3 is 2.35 bits per heavy atom. The van der Waals surface area contributed by atoms with Crippen molar-refractivity contribution in [3.05, 3.63) is 48.0 Å². The zero-order valence-corrected chi connectivity index (χ0v) is 13.4. The van der Waals surface area contributed by atoms with Crippen molar-refractivity contribution in [3.63, 3.8) is 0 Å². The summed E-state index contributed by atoms with van der Waals surface area (Å²) in [6.07, 6.45) is 1.31. The zero-order chi connectivity index (χ0) is 17.1. The molecule has 1 aromatic rings. The molecule has 126 valence electrons. The lowest BCUT2D eigenvalue weighted by Crippen LogP contribution is -2.42. The van der Waals surface area contributed by atoms with Gasteiger partial charge in [-0.3, -0.25) is 4.90 Å². The molecule has 7 heteroatoms. The van der Waals surface area contributed by atoms with Crippen molar-refractivity contribution in [2.24, 2.45) is 0 Å². The molecule has 0 aliphatic carbocycles. The molecule has 1 atom stereocenters. The van der Waals surface area contributed by atoms with Crippen molar-refractivity contribution in [1.29, 1.82) is 0 Å². The van der Waals surface area contributed by atoms with Crippen molar-refractivity contribution in [1.82, 2.24) is 4.90 Å². The Labute approximate surface area is 139 Å². The standard InChI is InChI=1S/C12H16ClNO.C4H4O4/c13-8-12-10-14(6-7-15-12)9-11-4-2-1-3-5-11;5-3(6)1-2-4(7)8/h1-5,12H,6-10H2;1-2H,(H,5,6)(H,7,8)/b;2-1+. The van der Waals surface area contributed by atoms with Crippen LogP contribution < -0.4 is 0 Å². The minimum atomic E-state index is -1.26. The van der Waals surface area contributed by atoms with E-state index in [1.807, 2.05) is 6.07 Å². The van der Waals surface area contributed by atoms with Gasteiger partial charge in [-0.25, -0.2) is 9.59 Å². The number of carbonyl (C=O) groups is 2. The van der Waals surface area contributed by atoms with Gasteiger partial charge in [0.2, 0.25) is 0 Å². The van der Waals surface area contributed by atoms with Gasteiger partial charge in [-0.05, 0) is 5.56 Å². The molecule has 0 radical (unpaired) electrons. The van der Waals surface area contributed by atoms with E-state index < -0.39 is 11.9 Å². The fourth-order valence-corrected chi connectivity index (χ4v) is 2.19. The minimum absolute atomic E-state index is 0.198. The van der Waals surface area contributed by atoms with Crippen LogP contribution in [0.2, 0.25) is 0 Å². The Bertz CT molecular complexity index is 504. The fourth-order valence-electron chi connectivity index (χ4n) is 2.00. The third-order valence-corrected chi connectivity index (χ3v) is 3.36. The topological polar surface area (TPSA) is 87.1 Å². The molecule has 1 unspecified atom stereocenters. The first kappa shape index (κ1) is 19.2. The normalized spacial score (nSPS) is 18.2. The van der Waals surface area contributed by atoms with Crippen molar-refractivity contribution in [2.75, 3.05) is 25.6 Å². The molecule has 1 aliphatic heterocycles. The Morgan fingerprint density at radius 1 is 1.22 bits per heavy atom. The maximum Gasteiger partial charge on any atom is 0.328 e. The van der Waals surface area contributed by atoms with Crippen LogP contribution in [-0.4, -0.2) is 58.7 Å². The maximum atomic E-state index is 9.55. The second-order valence-corrected chi connectivity index (χ2v) is 5.19. The number of hydrogen-bond donors (Lipinski definition) is 2. The molecule has 0 saturated carbocycles. The lowest BCUT2D eigenvalue weighted by molar-refractivity contribution is -0.134. The summed E-state index contributed by atoms with van der Waals surface area (Å²) in [5.41, 5.74) is 1.35. The predicted octanol–water partition coefficient (Wildman–Crippen LogP) is 1.84. The second kappa shape index (κ2) is 10.8. The number of halogens is 1. The summed E-state index contributed by atoms with van der Waals surface area (Å²) in [4.78, 5) is 21.5. The van der Waals surface area contributed by atoms with Gasteiger partial charge in [-0.15, -0.1) is 11.6 Å². The zero-order valence-electron chi connectivity index (χ0n) is 12.6. The van der Waals surface area contributed by atoms with Gasteiger partial charge < -0.3 is 14.9 Å². The van der Waals surface area contributed by atoms with E-state index in [0.29, 0.717) is 18.0 Å². The van der Waals surface area contributed by atoms with E-state index in [1.165, 1.54) is 5.56 Å². The average molecular weight is 342 g/mol. The van der Waals surface area contributed by atoms with Crippen LogP contribution in [0.3, 0.4) is 0 Å². The molecule has 0 spiro atoms. The highest BCUT2D eigenvalue weighted by Gasteiger charge is 2.19. The van der Waals surface area contributed by atoms with Gasteiger partial charge in [0.15, 0.2) is 0 Å². The Kier molecular flexibility index (Phi) is 8.97. The summed E-state index contributed by atoms with van der Waals surface area (Å²) in [6.45, 7) is 3.74. The van der Waals surface area contributed by atoms with Crippen LogP contribution in [0.1, 0.15) is 5.56 Å². The first-order chi connectivity index (χ1) is 11.0. The molecular formula is C16H20ClNO5. The first-order valence-electron chi connectivity index (χ1n) is 7.09. The number of nitrogens with zero attached hydrogens (tertiary/aromatic N) is 1. The van der Waals surface area contributed by atoms with Crippen molar-refractivity contribution < 1.29 is 24.5 Å². The number of carboxylic acids is 2. The van der Waals surface area contributed by atoms with Crippen LogP contribution in [0.5, 0.6) is 0 Å². The molecular weight excluding hydrogens is 322 g/mol. The van der Waals surface area contributed by atoms with E-state index in [2.05, 4.69) is 29.2 Å². The predicted molar refractivity (Wildman–Crippen MR) is 86.6 cm³/mol. The number of rotatable bonds is 5. The number of alkyl halides is 1. The summed E-state index contributed by atoms with van der Waals surface area (Å²) in [6, 6.07) is 10.5. The molecule has 0 amide bonds. The van der Waals surface area contributed by atoms with E-state index in [4.69, 9.17) is 26.6 Å². The Hall–Kier alpha value is -1.89. The largest absolute Gasteiger partial charge is 0.478 e. The van der Waals surface area contributed by atoms with Gasteiger partial charge in [0.05, 0.1) is 12.7 Å². The third-order valence-electron chi connectivity index (χ3n) is 3.01. The second-order valence-electron chi connectivity index (χ2n) is 4.88. The highest BCUT2D eigenvalue weighted by atomic mass is 35.5. The molecule has 0 aromatic heterocycles. The smallest absolute Gasteiger partial charge is 0.328 e. The van der Waals surface area contributed by atoms with Crippen molar-refractivity contribution in [3.8, 4) is 0 Å². The number of aliphatic carboxylic acids is 2. The first-order valence-corrected chi connectivity index (χ1v) is 7.62. The number of carboxylic acid groups (broad SMARTS) is 2. The molecule has 23 heavy (non-hydrogen) atoms. The van der Waals surface area contributed by atoms with E-state index in [9.17, 15) is 9.59 Å². The summed E-state index contributed by atoms with van der Waals surface area (Å²) in [5.74, 6) is -1.93. The van der Waals surface area contributed by atoms with Crippen LogP contribution >= 0.6 is 11.6 Å². The number of morpholine rings is 1. The van der Waals surface area contributed by atoms with Gasteiger partial charge in [-0.2, -0.15) is 0 Å². The van der Waals surface area contributed by atoms with Crippen LogP contribution in [0.15, 0.2) is 42.5 Å². The highest BCUT2D eigenvalue weighted by molar-refractivity contribution is 6.18. The summed E-state index contributed by atoms with van der Waals surface area (Å²) in [5, 5.41) is 15.6. The van der Waals surface area contributed by atoms with Crippen LogP contribution in [-0.2, 0) is 20.9 Å². The minimum Gasteiger partial charge on any atom is -0.478 e.